The number of hydrogen-bond acceptors (Lipinski definition) is 4. The van der Waals surface area contributed by atoms with Crippen LogP contribution in [0.5, 0.6) is 17.2 Å². The summed E-state index contributed by atoms with van der Waals surface area (Å²) in [7, 11) is 2.99. The topological polar surface area (TPSA) is 55.8 Å². The van der Waals surface area contributed by atoms with Crippen molar-refractivity contribution in [3.63, 3.8) is 0 Å². The van der Waals surface area contributed by atoms with Crippen LogP contribution < -0.4 is 9.47 Å². The third-order valence-electron chi connectivity index (χ3n) is 4.00. The van der Waals surface area contributed by atoms with Crippen LogP contribution in [0.3, 0.4) is 0 Å². The number of hydrogen-bond donors (Lipinski definition) is 1. The summed E-state index contributed by atoms with van der Waals surface area (Å²) in [6.07, 6.45) is 3.16. The fourth-order valence-corrected chi connectivity index (χ4v) is 2.70. The zero-order valence-electron chi connectivity index (χ0n) is 14.6. The second-order valence-electron chi connectivity index (χ2n) is 5.65. The maximum absolute atomic E-state index is 12.6. The van der Waals surface area contributed by atoms with Crippen molar-refractivity contribution in [1.82, 2.24) is 0 Å². The summed E-state index contributed by atoms with van der Waals surface area (Å²) in [5, 5.41) is 10.4. The number of carbonyl (C=O) groups excluding carboxylic acids is 1. The predicted molar refractivity (Wildman–Crippen MR) is 95.2 cm³/mol. The van der Waals surface area contributed by atoms with Crippen molar-refractivity contribution in [2.75, 3.05) is 14.2 Å². The highest BCUT2D eigenvalue weighted by Gasteiger charge is 2.24. The van der Waals surface area contributed by atoms with Gasteiger partial charge in [0, 0.05) is 11.1 Å². The Hall–Kier alpha value is -2.75. The van der Waals surface area contributed by atoms with E-state index in [0.717, 1.165) is 11.1 Å². The van der Waals surface area contributed by atoms with E-state index in [1.165, 1.54) is 20.3 Å². The van der Waals surface area contributed by atoms with Gasteiger partial charge in [0.2, 0.25) is 0 Å². The van der Waals surface area contributed by atoms with Crippen molar-refractivity contribution in [2.24, 2.45) is 0 Å². The second kappa shape index (κ2) is 7.21. The van der Waals surface area contributed by atoms with Gasteiger partial charge >= 0.3 is 0 Å². The highest BCUT2D eigenvalue weighted by Crippen LogP contribution is 2.42. The van der Waals surface area contributed by atoms with Gasteiger partial charge in [-0.3, -0.25) is 4.79 Å². The molecule has 0 radical (unpaired) electrons. The molecule has 126 valence electrons. The molecule has 2 rings (SSSR count). The van der Waals surface area contributed by atoms with Crippen LogP contribution in [0.1, 0.15) is 32.6 Å². The number of aromatic hydroxyl groups is 1. The summed E-state index contributed by atoms with van der Waals surface area (Å²) in [4.78, 5) is 12.6. The fourth-order valence-electron chi connectivity index (χ4n) is 2.70. The predicted octanol–water partition coefficient (Wildman–Crippen LogP) is 4.23. The molecule has 4 nitrogen and oxygen atoms in total. The summed E-state index contributed by atoms with van der Waals surface area (Å²) in [5.74, 6) is 0.406. The molecule has 1 N–H and O–H groups in total. The fraction of sp³-hybridized carbons (Fsp3) is 0.250. The Kier molecular flexibility index (Phi) is 5.29. The number of ether oxygens (including phenoxy) is 2. The van der Waals surface area contributed by atoms with Gasteiger partial charge in [0.25, 0.3) is 0 Å². The van der Waals surface area contributed by atoms with Crippen LogP contribution in [0.4, 0.5) is 0 Å². The van der Waals surface area contributed by atoms with Gasteiger partial charge in [-0.05, 0) is 32.4 Å². The quantitative estimate of drug-likeness (QED) is 0.660. The van der Waals surface area contributed by atoms with Crippen LogP contribution in [0.25, 0.3) is 6.08 Å². The van der Waals surface area contributed by atoms with Crippen molar-refractivity contribution in [3.8, 4) is 17.2 Å². The van der Waals surface area contributed by atoms with E-state index in [4.69, 9.17) is 9.47 Å². The Bertz CT molecular complexity index is 787. The van der Waals surface area contributed by atoms with Crippen molar-refractivity contribution in [2.45, 2.75) is 20.8 Å². The minimum absolute atomic E-state index is 0.118. The first kappa shape index (κ1) is 17.6. The molecule has 0 bridgehead atoms. The molecule has 0 aromatic heterocycles. The molecule has 0 saturated carbocycles. The summed E-state index contributed by atoms with van der Waals surface area (Å²) < 4.78 is 10.7. The van der Waals surface area contributed by atoms with Crippen LogP contribution in [0.15, 0.2) is 30.3 Å². The molecule has 0 aliphatic heterocycles. The molecule has 4 heteroatoms. The Morgan fingerprint density at radius 3 is 2.08 bits per heavy atom. The number of carbonyl (C=O) groups is 1. The minimum Gasteiger partial charge on any atom is -0.507 e. The van der Waals surface area contributed by atoms with Crippen LogP contribution in [-0.4, -0.2) is 25.1 Å². The van der Waals surface area contributed by atoms with E-state index < -0.39 is 0 Å². The monoisotopic (exact) mass is 326 g/mol. The van der Waals surface area contributed by atoms with Gasteiger partial charge in [-0.2, -0.15) is 0 Å². The Morgan fingerprint density at radius 1 is 0.958 bits per heavy atom. The zero-order chi connectivity index (χ0) is 17.9. The number of ketones is 1. The number of benzene rings is 2. The molecule has 0 spiro atoms. The van der Waals surface area contributed by atoms with E-state index in [-0.39, 0.29) is 17.1 Å². The van der Waals surface area contributed by atoms with Crippen molar-refractivity contribution < 1.29 is 19.4 Å². The molecule has 0 saturated heterocycles. The van der Waals surface area contributed by atoms with Crippen LogP contribution in [0.2, 0.25) is 0 Å². The third-order valence-corrected chi connectivity index (χ3v) is 4.00. The standard InChI is InChI=1S/C20H22O4/c1-12-6-8-15(9-7-12)10-11-16(21)17-18(22)13(2)19(23-4)14(3)20(17)24-5/h6-11,22H,1-5H3/b11-10+. The third kappa shape index (κ3) is 3.27. The average Bonchev–Trinajstić information content (AvgIpc) is 2.57. The molecule has 0 unspecified atom stereocenters. The molecular formula is C20H22O4. The average molecular weight is 326 g/mol. The number of methoxy groups -OCH3 is 2. The maximum Gasteiger partial charge on any atom is 0.193 e. The first-order chi connectivity index (χ1) is 11.4. The SMILES string of the molecule is COc1c(C)c(O)c(C(=O)/C=C/c2ccc(C)cc2)c(OC)c1C. The molecule has 24 heavy (non-hydrogen) atoms. The van der Waals surface area contributed by atoms with E-state index in [0.29, 0.717) is 22.6 Å². The number of phenols is 1. The van der Waals surface area contributed by atoms with Crippen molar-refractivity contribution in [1.29, 1.82) is 0 Å². The lowest BCUT2D eigenvalue weighted by atomic mass is 9.98. The lowest BCUT2D eigenvalue weighted by Crippen LogP contribution is -2.05. The van der Waals surface area contributed by atoms with Crippen LogP contribution >= 0.6 is 0 Å². The summed E-state index contributed by atoms with van der Waals surface area (Å²) in [6.45, 7) is 5.51. The molecule has 2 aromatic rings. The first-order valence-corrected chi connectivity index (χ1v) is 7.63. The van der Waals surface area contributed by atoms with E-state index in [2.05, 4.69) is 0 Å². The lowest BCUT2D eigenvalue weighted by molar-refractivity contribution is 0.104. The van der Waals surface area contributed by atoms with Gasteiger partial charge < -0.3 is 14.6 Å². The summed E-state index contributed by atoms with van der Waals surface area (Å²) in [5.41, 5.74) is 3.41. The van der Waals surface area contributed by atoms with E-state index in [1.807, 2.05) is 31.2 Å². The van der Waals surface area contributed by atoms with Gasteiger partial charge in [0.1, 0.15) is 22.8 Å². The van der Waals surface area contributed by atoms with Gasteiger partial charge in [-0.15, -0.1) is 0 Å². The van der Waals surface area contributed by atoms with Gasteiger partial charge in [-0.25, -0.2) is 0 Å². The molecule has 0 atom stereocenters. The van der Waals surface area contributed by atoms with Crippen molar-refractivity contribution in [3.05, 3.63) is 58.2 Å². The van der Waals surface area contributed by atoms with E-state index >= 15 is 0 Å². The minimum atomic E-state index is -0.321. The highest BCUT2D eigenvalue weighted by molar-refractivity contribution is 6.11. The summed E-state index contributed by atoms with van der Waals surface area (Å²) >= 11 is 0. The Labute approximate surface area is 142 Å². The Balaban J connectivity index is 2.47. The van der Waals surface area contributed by atoms with Crippen LogP contribution in [-0.2, 0) is 0 Å². The Morgan fingerprint density at radius 2 is 1.54 bits per heavy atom. The molecule has 0 heterocycles. The molecule has 0 fully saturated rings. The lowest BCUT2D eigenvalue weighted by Gasteiger charge is -2.17. The first-order valence-electron chi connectivity index (χ1n) is 7.63. The van der Waals surface area contributed by atoms with E-state index in [9.17, 15) is 9.90 Å². The number of allylic oxidation sites excluding steroid dienone is 1. The van der Waals surface area contributed by atoms with Gasteiger partial charge in [0.05, 0.1) is 14.2 Å². The van der Waals surface area contributed by atoms with Gasteiger partial charge in [-0.1, -0.05) is 35.9 Å². The smallest absolute Gasteiger partial charge is 0.193 e. The van der Waals surface area contributed by atoms with Crippen molar-refractivity contribution >= 4 is 11.9 Å². The zero-order valence-corrected chi connectivity index (χ0v) is 14.6. The highest BCUT2D eigenvalue weighted by atomic mass is 16.5. The molecule has 2 aromatic carbocycles. The van der Waals surface area contributed by atoms with Crippen LogP contribution in [0, 0.1) is 20.8 Å². The van der Waals surface area contributed by atoms with E-state index in [1.54, 1.807) is 19.9 Å². The summed E-state index contributed by atoms with van der Waals surface area (Å²) in [6, 6.07) is 7.81. The molecule has 0 aliphatic carbocycles. The largest absolute Gasteiger partial charge is 0.507 e. The number of rotatable bonds is 5. The maximum atomic E-state index is 12.6. The number of phenolic OH excluding ortho intramolecular Hbond substituents is 1. The van der Waals surface area contributed by atoms with Gasteiger partial charge in [0.15, 0.2) is 5.78 Å². The second-order valence-corrected chi connectivity index (χ2v) is 5.65. The number of aryl methyl sites for hydroxylation is 1. The molecular weight excluding hydrogens is 304 g/mol. The normalized spacial score (nSPS) is 10.9. The molecule has 0 amide bonds. The molecule has 0 aliphatic rings.